The van der Waals surface area contributed by atoms with Gasteiger partial charge in [0.05, 0.1) is 12.8 Å². The summed E-state index contributed by atoms with van der Waals surface area (Å²) in [7, 11) is -1.60. The van der Waals surface area contributed by atoms with E-state index in [4.69, 9.17) is 0 Å². The molecular formula is C28H40N4O3S. The normalized spacial score (nSPS) is 30.4. The first kappa shape index (κ1) is 25.8. The maximum Gasteiger partial charge on any atom is 0.231 e. The molecule has 0 bridgehead atoms. The fourth-order valence-electron chi connectivity index (χ4n) is 6.38. The fraction of sp³-hybridized carbons (Fsp3) is 0.571. The Morgan fingerprint density at radius 3 is 2.44 bits per heavy atom. The second kappa shape index (κ2) is 10.2. The molecule has 3 fully saturated rings. The number of hydrogen-bond donors (Lipinski definition) is 2. The van der Waals surface area contributed by atoms with Crippen LogP contribution in [-0.4, -0.2) is 91.1 Å². The van der Waals surface area contributed by atoms with Gasteiger partial charge in [0.25, 0.3) is 0 Å². The van der Waals surface area contributed by atoms with Crippen LogP contribution in [0.4, 0.5) is 0 Å². The molecule has 0 radical (unpaired) electrons. The molecule has 196 valence electrons. The lowest BCUT2D eigenvalue weighted by atomic mass is 9.74. The van der Waals surface area contributed by atoms with Crippen molar-refractivity contribution in [2.24, 2.45) is 0 Å². The number of hydrogen-bond acceptors (Lipinski definition) is 6. The summed E-state index contributed by atoms with van der Waals surface area (Å²) in [6, 6.07) is 15.2. The van der Waals surface area contributed by atoms with E-state index < -0.39 is 15.4 Å². The van der Waals surface area contributed by atoms with Crippen LogP contribution in [0.5, 0.6) is 0 Å². The third kappa shape index (κ3) is 4.42. The third-order valence-corrected chi connectivity index (χ3v) is 11.1. The monoisotopic (exact) mass is 512 g/mol. The zero-order chi connectivity index (χ0) is 25.6. The minimum absolute atomic E-state index is 0.0278. The van der Waals surface area contributed by atoms with Crippen molar-refractivity contribution in [1.82, 2.24) is 19.4 Å². The van der Waals surface area contributed by atoms with Crippen LogP contribution >= 0.6 is 0 Å². The Kier molecular flexibility index (Phi) is 7.29. The predicted molar refractivity (Wildman–Crippen MR) is 144 cm³/mol. The van der Waals surface area contributed by atoms with Crippen LogP contribution in [0.2, 0.25) is 0 Å². The first-order valence-corrected chi connectivity index (χ1v) is 14.7. The van der Waals surface area contributed by atoms with Gasteiger partial charge in [0.2, 0.25) is 10.0 Å². The molecule has 3 unspecified atom stereocenters. The SMILES string of the molecule is Cc1cccc(-c2ccc([C@@H]3C(CO)N4CCCCN(S(=O)(=O)C5CNC(C)N5C)C[C@@H]34)cc2)c1C. The second-order valence-corrected chi connectivity index (χ2v) is 12.9. The highest BCUT2D eigenvalue weighted by molar-refractivity contribution is 7.89. The van der Waals surface area contributed by atoms with Crippen LogP contribution in [0.3, 0.4) is 0 Å². The highest BCUT2D eigenvalue weighted by atomic mass is 32.2. The molecule has 2 N–H and O–H groups in total. The van der Waals surface area contributed by atoms with Crippen molar-refractivity contribution in [2.45, 2.75) is 63.2 Å². The van der Waals surface area contributed by atoms with E-state index in [1.165, 1.54) is 27.8 Å². The summed E-state index contributed by atoms with van der Waals surface area (Å²) in [5.74, 6) is 0.108. The summed E-state index contributed by atoms with van der Waals surface area (Å²) in [4.78, 5) is 4.26. The quantitative estimate of drug-likeness (QED) is 0.642. The summed E-state index contributed by atoms with van der Waals surface area (Å²) >= 11 is 0. The molecule has 2 aromatic rings. The molecule has 0 amide bonds. The van der Waals surface area contributed by atoms with Crippen molar-refractivity contribution in [3.05, 3.63) is 59.2 Å². The molecule has 0 aliphatic carbocycles. The van der Waals surface area contributed by atoms with Crippen LogP contribution in [0.1, 0.15) is 42.4 Å². The molecule has 8 heteroatoms. The summed E-state index contributed by atoms with van der Waals surface area (Å²) in [6.07, 6.45) is 1.82. The summed E-state index contributed by atoms with van der Waals surface area (Å²) < 4.78 is 29.2. The van der Waals surface area contributed by atoms with Gasteiger partial charge in [0, 0.05) is 37.6 Å². The maximum absolute atomic E-state index is 13.7. The van der Waals surface area contributed by atoms with Gasteiger partial charge < -0.3 is 5.11 Å². The minimum Gasteiger partial charge on any atom is -0.395 e. The van der Waals surface area contributed by atoms with Crippen LogP contribution < -0.4 is 5.32 Å². The number of aryl methyl sites for hydroxylation is 1. The predicted octanol–water partition coefficient (Wildman–Crippen LogP) is 2.73. The van der Waals surface area contributed by atoms with Gasteiger partial charge in [0.15, 0.2) is 0 Å². The number of benzene rings is 2. The summed E-state index contributed by atoms with van der Waals surface area (Å²) in [5.41, 5.74) is 6.16. The maximum atomic E-state index is 13.7. The van der Waals surface area contributed by atoms with E-state index in [0.29, 0.717) is 19.6 Å². The van der Waals surface area contributed by atoms with Gasteiger partial charge in [-0.3, -0.25) is 15.1 Å². The number of sulfonamides is 1. The van der Waals surface area contributed by atoms with E-state index in [9.17, 15) is 13.5 Å². The van der Waals surface area contributed by atoms with Crippen molar-refractivity contribution in [1.29, 1.82) is 0 Å². The van der Waals surface area contributed by atoms with Gasteiger partial charge in [-0.1, -0.05) is 42.5 Å². The molecule has 3 aliphatic heterocycles. The lowest BCUT2D eigenvalue weighted by Crippen LogP contribution is -2.68. The number of fused-ring (bicyclic) bond motifs is 1. The van der Waals surface area contributed by atoms with E-state index in [1.54, 1.807) is 4.31 Å². The Labute approximate surface area is 216 Å². The molecule has 5 rings (SSSR count). The summed E-state index contributed by atoms with van der Waals surface area (Å²) in [6.45, 7) is 8.77. The van der Waals surface area contributed by atoms with Crippen molar-refractivity contribution >= 4 is 10.0 Å². The molecule has 7 nitrogen and oxygen atoms in total. The van der Waals surface area contributed by atoms with Gasteiger partial charge in [-0.2, -0.15) is 4.31 Å². The molecule has 36 heavy (non-hydrogen) atoms. The van der Waals surface area contributed by atoms with Gasteiger partial charge in [-0.15, -0.1) is 0 Å². The molecule has 3 heterocycles. The van der Waals surface area contributed by atoms with Crippen molar-refractivity contribution in [2.75, 3.05) is 39.8 Å². The van der Waals surface area contributed by atoms with Crippen LogP contribution in [0.15, 0.2) is 42.5 Å². The van der Waals surface area contributed by atoms with Crippen molar-refractivity contribution < 1.29 is 13.5 Å². The first-order valence-electron chi connectivity index (χ1n) is 13.2. The molecule has 3 aliphatic rings. The number of aliphatic hydroxyl groups excluding tert-OH is 1. The fourth-order valence-corrected chi connectivity index (χ4v) is 8.38. The molecule has 2 aromatic carbocycles. The van der Waals surface area contributed by atoms with E-state index in [2.05, 4.69) is 66.5 Å². The van der Waals surface area contributed by atoms with Crippen LogP contribution in [0.25, 0.3) is 11.1 Å². The number of aliphatic hydroxyl groups is 1. The smallest absolute Gasteiger partial charge is 0.231 e. The standard InChI is InChI=1S/C28H40N4O3S/c1-19-8-7-9-24(20(19)2)22-10-12-23(13-11-22)28-25-17-31(14-5-6-15-32(25)26(28)18-33)36(34,35)27-16-29-21(3)30(27)4/h7-13,21,25-29,33H,5-6,14-18H2,1-4H3/t21?,25-,26?,27?,28-/m0/s1. The molecule has 0 aromatic heterocycles. The minimum atomic E-state index is -3.48. The van der Waals surface area contributed by atoms with E-state index in [-0.39, 0.29) is 30.8 Å². The van der Waals surface area contributed by atoms with Crippen molar-refractivity contribution in [3.8, 4) is 11.1 Å². The largest absolute Gasteiger partial charge is 0.395 e. The number of nitrogens with zero attached hydrogens (tertiary/aromatic N) is 3. The zero-order valence-corrected chi connectivity index (χ0v) is 22.7. The molecule has 3 saturated heterocycles. The summed E-state index contributed by atoms with van der Waals surface area (Å²) in [5, 5.41) is 13.0. The Morgan fingerprint density at radius 1 is 1.06 bits per heavy atom. The topological polar surface area (TPSA) is 76.1 Å². The van der Waals surface area contributed by atoms with Crippen LogP contribution in [0, 0.1) is 13.8 Å². The van der Waals surface area contributed by atoms with Gasteiger partial charge >= 0.3 is 0 Å². The van der Waals surface area contributed by atoms with Gasteiger partial charge in [-0.25, -0.2) is 8.42 Å². The lowest BCUT2D eigenvalue weighted by Gasteiger charge is -2.57. The molecular weight excluding hydrogens is 472 g/mol. The number of nitrogens with one attached hydrogen (secondary N) is 1. The highest BCUT2D eigenvalue weighted by Gasteiger charge is 2.51. The molecule has 0 saturated carbocycles. The van der Waals surface area contributed by atoms with Crippen molar-refractivity contribution in [3.63, 3.8) is 0 Å². The average Bonchev–Trinajstić information content (AvgIpc) is 3.19. The van der Waals surface area contributed by atoms with E-state index in [1.807, 2.05) is 18.9 Å². The highest BCUT2D eigenvalue weighted by Crippen LogP contribution is 2.43. The van der Waals surface area contributed by atoms with E-state index >= 15 is 0 Å². The molecule has 5 atom stereocenters. The Hall–Kier alpha value is -1.81. The Morgan fingerprint density at radius 2 is 1.78 bits per heavy atom. The first-order chi connectivity index (χ1) is 17.2. The number of rotatable bonds is 5. The van der Waals surface area contributed by atoms with E-state index in [0.717, 1.165) is 19.4 Å². The van der Waals surface area contributed by atoms with Crippen LogP contribution in [-0.2, 0) is 10.0 Å². The number of likely N-dealkylation sites (N-methyl/N-ethyl adjacent to an activating group) is 1. The Bertz CT molecular complexity index is 1190. The lowest BCUT2D eigenvalue weighted by molar-refractivity contribution is -0.0555. The Balaban J connectivity index is 1.41. The third-order valence-electron chi connectivity index (χ3n) is 8.90. The van der Waals surface area contributed by atoms with Gasteiger partial charge in [-0.05, 0) is 75.0 Å². The zero-order valence-electron chi connectivity index (χ0n) is 21.9. The van der Waals surface area contributed by atoms with Gasteiger partial charge in [0.1, 0.15) is 5.37 Å². The second-order valence-electron chi connectivity index (χ2n) is 10.8. The average molecular weight is 513 g/mol. The molecule has 0 spiro atoms.